The molecule has 8 heteroatoms. The number of nitrogens with zero attached hydrogens (tertiary/aromatic N) is 3. The van der Waals surface area contributed by atoms with Crippen molar-refractivity contribution in [3.8, 4) is 0 Å². The van der Waals surface area contributed by atoms with Crippen molar-refractivity contribution >= 4 is 50.1 Å². The van der Waals surface area contributed by atoms with Crippen molar-refractivity contribution in [2.24, 2.45) is 11.3 Å². The molecular weight excluding hydrogens is 446 g/mol. The fourth-order valence-corrected chi connectivity index (χ4v) is 6.14. The highest BCUT2D eigenvalue weighted by Gasteiger charge is 2.58. The van der Waals surface area contributed by atoms with Gasteiger partial charge in [-0.1, -0.05) is 12.1 Å². The molecule has 2 aromatic carbocycles. The average Bonchev–Trinajstić information content (AvgIpc) is 3.18. The number of imidazole rings is 1. The van der Waals surface area contributed by atoms with Gasteiger partial charge in [0.1, 0.15) is 5.82 Å². The van der Waals surface area contributed by atoms with Gasteiger partial charge in [-0.3, -0.25) is 9.59 Å². The van der Waals surface area contributed by atoms with Crippen LogP contribution < -0.4 is 5.32 Å². The lowest BCUT2D eigenvalue weighted by atomic mass is 9.90. The van der Waals surface area contributed by atoms with Crippen LogP contribution >= 0.6 is 11.3 Å². The standard InChI is InChI=1S/C26H27N5O2S/c1-16-27-21-14-17(6-7-22(21)34-16)28-25(33)18-15-26(18)10-12-31(13-11-26)24(32)9-8-23-29-19-4-2-3-5-20(19)30-23/h2-7,14,18H,8-13,15H2,1H3,(H,28,33)(H,29,30). The van der Waals surface area contributed by atoms with Gasteiger partial charge in [0.05, 0.1) is 26.3 Å². The summed E-state index contributed by atoms with van der Waals surface area (Å²) in [6.07, 6.45) is 3.77. The third-order valence-electron chi connectivity index (χ3n) is 7.39. The third-order valence-corrected chi connectivity index (χ3v) is 8.35. The van der Waals surface area contributed by atoms with Gasteiger partial charge >= 0.3 is 0 Å². The molecule has 1 unspecified atom stereocenters. The lowest BCUT2D eigenvalue weighted by Gasteiger charge is -2.33. The number of para-hydroxylation sites is 2. The summed E-state index contributed by atoms with van der Waals surface area (Å²) in [5.41, 5.74) is 3.73. The van der Waals surface area contributed by atoms with E-state index in [1.54, 1.807) is 11.3 Å². The molecule has 1 saturated carbocycles. The molecule has 1 atom stereocenters. The number of carbonyl (C=O) groups excluding carboxylic acids is 2. The Morgan fingerprint density at radius 2 is 1.97 bits per heavy atom. The Labute approximate surface area is 201 Å². The third kappa shape index (κ3) is 3.96. The Kier molecular flexibility index (Phi) is 5.13. The lowest BCUT2D eigenvalue weighted by molar-refractivity contribution is -0.132. The number of anilines is 1. The van der Waals surface area contributed by atoms with E-state index in [-0.39, 0.29) is 23.1 Å². The molecule has 1 aliphatic heterocycles. The Balaban J connectivity index is 1.01. The zero-order valence-electron chi connectivity index (χ0n) is 19.1. The van der Waals surface area contributed by atoms with E-state index in [1.165, 1.54) is 0 Å². The van der Waals surface area contributed by atoms with E-state index in [9.17, 15) is 9.59 Å². The smallest absolute Gasteiger partial charge is 0.228 e. The molecule has 4 aromatic rings. The number of thiazole rings is 1. The van der Waals surface area contributed by atoms with Gasteiger partial charge in [0.15, 0.2) is 0 Å². The molecule has 6 rings (SSSR count). The van der Waals surface area contributed by atoms with E-state index in [0.717, 1.165) is 70.1 Å². The largest absolute Gasteiger partial charge is 0.343 e. The van der Waals surface area contributed by atoms with Crippen LogP contribution in [0.3, 0.4) is 0 Å². The molecule has 1 spiro atoms. The average molecular weight is 474 g/mol. The van der Waals surface area contributed by atoms with Crippen LogP contribution in [0.4, 0.5) is 5.69 Å². The maximum absolute atomic E-state index is 12.9. The SMILES string of the molecule is Cc1nc2cc(NC(=O)C3CC34CCN(C(=O)CCc3nc5ccccc5[nH]3)CC4)ccc2s1. The number of H-pyrrole nitrogens is 1. The van der Waals surface area contributed by atoms with E-state index in [1.807, 2.05) is 54.3 Å². The van der Waals surface area contributed by atoms with Gasteiger partial charge in [0, 0.05) is 37.5 Å². The summed E-state index contributed by atoms with van der Waals surface area (Å²) in [4.78, 5) is 40.0. The van der Waals surface area contributed by atoms with Crippen LogP contribution in [0.2, 0.25) is 0 Å². The van der Waals surface area contributed by atoms with E-state index in [0.29, 0.717) is 12.8 Å². The number of nitrogens with one attached hydrogen (secondary N) is 2. The minimum absolute atomic E-state index is 0.0353. The van der Waals surface area contributed by atoms with E-state index < -0.39 is 0 Å². The molecule has 2 amide bonds. The molecule has 1 aliphatic carbocycles. The van der Waals surface area contributed by atoms with Crippen LogP contribution in [-0.2, 0) is 16.0 Å². The summed E-state index contributed by atoms with van der Waals surface area (Å²) >= 11 is 1.66. The molecule has 7 nitrogen and oxygen atoms in total. The first-order valence-electron chi connectivity index (χ1n) is 11.9. The molecule has 2 aromatic heterocycles. The number of aromatic amines is 1. The molecule has 1 saturated heterocycles. The highest BCUT2D eigenvalue weighted by atomic mass is 32.1. The van der Waals surface area contributed by atoms with Gasteiger partial charge in [0.25, 0.3) is 0 Å². The Morgan fingerprint density at radius 3 is 2.79 bits per heavy atom. The Morgan fingerprint density at radius 1 is 1.15 bits per heavy atom. The summed E-state index contributed by atoms with van der Waals surface area (Å²) in [5, 5.41) is 4.12. The van der Waals surface area contributed by atoms with Crippen molar-refractivity contribution in [2.45, 2.75) is 39.0 Å². The molecule has 3 heterocycles. The molecule has 2 N–H and O–H groups in total. The van der Waals surface area contributed by atoms with Crippen LogP contribution in [0.5, 0.6) is 0 Å². The van der Waals surface area contributed by atoms with Crippen LogP contribution in [0.1, 0.15) is 36.5 Å². The second-order valence-corrected chi connectivity index (χ2v) is 10.8. The number of fused-ring (bicyclic) bond motifs is 2. The van der Waals surface area contributed by atoms with Gasteiger partial charge < -0.3 is 15.2 Å². The molecule has 0 radical (unpaired) electrons. The minimum atomic E-state index is 0.0353. The quantitative estimate of drug-likeness (QED) is 0.440. The number of benzene rings is 2. The van der Waals surface area contributed by atoms with Crippen LogP contribution in [0.25, 0.3) is 21.3 Å². The molecule has 2 aliphatic rings. The fraction of sp³-hybridized carbons (Fsp3) is 0.385. The van der Waals surface area contributed by atoms with Crippen molar-refractivity contribution < 1.29 is 9.59 Å². The molecule has 0 bridgehead atoms. The maximum atomic E-state index is 12.9. The summed E-state index contributed by atoms with van der Waals surface area (Å²) in [7, 11) is 0. The molecule has 2 fully saturated rings. The molecule has 34 heavy (non-hydrogen) atoms. The first-order chi connectivity index (χ1) is 16.5. The minimum Gasteiger partial charge on any atom is -0.343 e. The van der Waals surface area contributed by atoms with Crippen molar-refractivity contribution in [3.63, 3.8) is 0 Å². The van der Waals surface area contributed by atoms with Crippen molar-refractivity contribution in [1.29, 1.82) is 0 Å². The first kappa shape index (κ1) is 21.3. The van der Waals surface area contributed by atoms with Crippen LogP contribution in [-0.4, -0.2) is 44.8 Å². The predicted molar refractivity (Wildman–Crippen MR) is 134 cm³/mol. The van der Waals surface area contributed by atoms with Gasteiger partial charge in [-0.2, -0.15) is 0 Å². The van der Waals surface area contributed by atoms with E-state index >= 15 is 0 Å². The van der Waals surface area contributed by atoms with Crippen molar-refractivity contribution in [2.75, 3.05) is 18.4 Å². The number of carbonyl (C=O) groups is 2. The molecule has 174 valence electrons. The molecular formula is C26H27N5O2S. The van der Waals surface area contributed by atoms with Crippen molar-refractivity contribution in [3.05, 3.63) is 53.3 Å². The summed E-state index contributed by atoms with van der Waals surface area (Å²) in [6, 6.07) is 13.8. The topological polar surface area (TPSA) is 91.0 Å². The summed E-state index contributed by atoms with van der Waals surface area (Å²) in [6.45, 7) is 3.45. The number of aromatic nitrogens is 3. The highest BCUT2D eigenvalue weighted by Crippen LogP contribution is 2.59. The lowest BCUT2D eigenvalue weighted by Crippen LogP contribution is -2.40. The first-order valence-corrected chi connectivity index (χ1v) is 12.7. The summed E-state index contributed by atoms with van der Waals surface area (Å²) < 4.78 is 1.13. The second-order valence-electron chi connectivity index (χ2n) is 9.61. The van der Waals surface area contributed by atoms with Crippen LogP contribution in [0, 0.1) is 18.3 Å². The predicted octanol–water partition coefficient (Wildman–Crippen LogP) is 4.68. The maximum Gasteiger partial charge on any atom is 0.228 e. The van der Waals surface area contributed by atoms with Gasteiger partial charge in [-0.05, 0) is 61.9 Å². The monoisotopic (exact) mass is 473 g/mol. The van der Waals surface area contributed by atoms with E-state index in [2.05, 4.69) is 20.3 Å². The number of amides is 2. The van der Waals surface area contributed by atoms with Gasteiger partial charge in [-0.25, -0.2) is 9.97 Å². The summed E-state index contributed by atoms with van der Waals surface area (Å²) in [5.74, 6) is 1.15. The number of hydrogen-bond acceptors (Lipinski definition) is 5. The fourth-order valence-electron chi connectivity index (χ4n) is 5.33. The number of likely N-dealkylation sites (tertiary alicyclic amines) is 1. The number of hydrogen-bond donors (Lipinski definition) is 2. The second kappa shape index (κ2) is 8.20. The normalized spacial score (nSPS) is 19.1. The van der Waals surface area contributed by atoms with Gasteiger partial charge in [-0.15, -0.1) is 11.3 Å². The Bertz CT molecular complexity index is 1370. The number of aryl methyl sites for hydroxylation is 2. The number of rotatable bonds is 5. The number of piperidine rings is 1. The zero-order chi connectivity index (χ0) is 23.3. The zero-order valence-corrected chi connectivity index (χ0v) is 20.0. The highest BCUT2D eigenvalue weighted by molar-refractivity contribution is 7.18. The van der Waals surface area contributed by atoms with Crippen LogP contribution in [0.15, 0.2) is 42.5 Å². The van der Waals surface area contributed by atoms with Crippen molar-refractivity contribution in [1.82, 2.24) is 19.9 Å². The van der Waals surface area contributed by atoms with E-state index in [4.69, 9.17) is 0 Å². The Hall–Kier alpha value is -3.26. The van der Waals surface area contributed by atoms with Gasteiger partial charge in [0.2, 0.25) is 11.8 Å².